The van der Waals surface area contributed by atoms with E-state index >= 15 is 0 Å². The fraction of sp³-hybridized carbons (Fsp3) is 0.300. The van der Waals surface area contributed by atoms with E-state index in [1.165, 1.54) is 4.68 Å². The van der Waals surface area contributed by atoms with Crippen molar-refractivity contribution >= 4 is 16.7 Å². The van der Waals surface area contributed by atoms with Gasteiger partial charge in [-0.25, -0.2) is 4.68 Å². The molecule has 0 atom stereocenters. The molecule has 1 aliphatic rings. The molecule has 3 aromatic rings. The number of fused-ring (bicyclic) bond motifs is 2. The van der Waals surface area contributed by atoms with Gasteiger partial charge < -0.3 is 5.32 Å². The van der Waals surface area contributed by atoms with Gasteiger partial charge in [-0.15, -0.1) is 0 Å². The fourth-order valence-electron chi connectivity index (χ4n) is 3.42. The monoisotopic (exact) mass is 348 g/mol. The number of nitrogens with one attached hydrogen (secondary N) is 1. The average molecular weight is 348 g/mol. The van der Waals surface area contributed by atoms with Crippen LogP contribution in [0.5, 0.6) is 0 Å². The topological polar surface area (TPSA) is 76.9 Å². The number of nitrogens with zero attached hydrogens (tertiary/aromatic N) is 3. The number of pyridine rings is 1. The summed E-state index contributed by atoms with van der Waals surface area (Å²) < 4.78 is 1.45. The molecule has 1 amide bonds. The lowest BCUT2D eigenvalue weighted by Gasteiger charge is -2.16. The minimum atomic E-state index is -0.243. The van der Waals surface area contributed by atoms with Gasteiger partial charge in [0.05, 0.1) is 12.2 Å². The molecule has 4 rings (SSSR count). The highest BCUT2D eigenvalue weighted by molar-refractivity contribution is 6.05. The SMILES string of the molecule is O=C(NCCn1nc2c(cc1=O)CCCC2)c1nccc2ccccc12. The average Bonchev–Trinajstić information content (AvgIpc) is 2.67. The Morgan fingerprint density at radius 3 is 2.92 bits per heavy atom. The number of benzene rings is 1. The standard InChI is InChI=1S/C20H20N4O2/c25-18-13-15-6-2-4-8-17(15)23-24(18)12-11-22-20(26)19-16-7-3-1-5-14(16)9-10-21-19/h1,3,5,7,9-10,13H,2,4,6,8,11-12H2,(H,22,26). The van der Waals surface area contributed by atoms with Gasteiger partial charge in [0.25, 0.3) is 11.5 Å². The summed E-state index contributed by atoms with van der Waals surface area (Å²) in [6.45, 7) is 0.679. The van der Waals surface area contributed by atoms with Crippen LogP contribution in [0.2, 0.25) is 0 Å². The molecule has 0 saturated carbocycles. The van der Waals surface area contributed by atoms with E-state index in [1.54, 1.807) is 12.3 Å². The second kappa shape index (κ2) is 7.07. The molecular formula is C20H20N4O2. The Kier molecular flexibility index (Phi) is 4.48. The van der Waals surface area contributed by atoms with Crippen molar-refractivity contribution in [3.63, 3.8) is 0 Å². The molecule has 1 aromatic carbocycles. The van der Waals surface area contributed by atoms with Crippen LogP contribution in [0.3, 0.4) is 0 Å². The smallest absolute Gasteiger partial charge is 0.270 e. The van der Waals surface area contributed by atoms with Gasteiger partial charge in [-0.05, 0) is 42.7 Å². The van der Waals surface area contributed by atoms with Crippen molar-refractivity contribution in [2.75, 3.05) is 6.54 Å². The van der Waals surface area contributed by atoms with Gasteiger partial charge in [0, 0.05) is 24.2 Å². The van der Waals surface area contributed by atoms with Crippen molar-refractivity contribution in [2.45, 2.75) is 32.2 Å². The number of carbonyl (C=O) groups is 1. The molecule has 0 bridgehead atoms. The van der Waals surface area contributed by atoms with Crippen LogP contribution in [0.4, 0.5) is 0 Å². The van der Waals surface area contributed by atoms with E-state index in [1.807, 2.05) is 30.3 Å². The third kappa shape index (κ3) is 3.22. The number of aromatic nitrogens is 3. The van der Waals surface area contributed by atoms with E-state index < -0.39 is 0 Å². The zero-order valence-electron chi connectivity index (χ0n) is 14.4. The Morgan fingerprint density at radius 1 is 1.15 bits per heavy atom. The van der Waals surface area contributed by atoms with E-state index in [9.17, 15) is 9.59 Å². The number of hydrogen-bond acceptors (Lipinski definition) is 4. The molecule has 0 fully saturated rings. The maximum absolute atomic E-state index is 12.5. The lowest BCUT2D eigenvalue weighted by atomic mass is 9.97. The summed E-state index contributed by atoms with van der Waals surface area (Å²) in [7, 11) is 0. The van der Waals surface area contributed by atoms with E-state index in [0.717, 1.165) is 47.7 Å². The molecule has 0 aliphatic heterocycles. The summed E-state index contributed by atoms with van der Waals surface area (Å²) in [4.78, 5) is 28.9. The van der Waals surface area contributed by atoms with E-state index in [4.69, 9.17) is 0 Å². The van der Waals surface area contributed by atoms with Crippen molar-refractivity contribution in [1.29, 1.82) is 0 Å². The molecule has 26 heavy (non-hydrogen) atoms. The van der Waals surface area contributed by atoms with Crippen LogP contribution in [0, 0.1) is 0 Å². The first-order valence-corrected chi connectivity index (χ1v) is 8.94. The van der Waals surface area contributed by atoms with Crippen LogP contribution in [-0.4, -0.2) is 27.2 Å². The van der Waals surface area contributed by atoms with Crippen molar-refractivity contribution in [3.05, 3.63) is 69.9 Å². The highest BCUT2D eigenvalue weighted by atomic mass is 16.2. The summed E-state index contributed by atoms with van der Waals surface area (Å²) in [5, 5.41) is 9.10. The lowest BCUT2D eigenvalue weighted by molar-refractivity contribution is 0.0948. The molecule has 2 aromatic heterocycles. The van der Waals surface area contributed by atoms with Gasteiger partial charge in [-0.3, -0.25) is 14.6 Å². The summed E-state index contributed by atoms with van der Waals surface area (Å²) in [6, 6.07) is 11.2. The molecule has 1 aliphatic carbocycles. The predicted molar refractivity (Wildman–Crippen MR) is 99.2 cm³/mol. The van der Waals surface area contributed by atoms with Gasteiger partial charge in [0.1, 0.15) is 5.69 Å². The predicted octanol–water partition coefficient (Wildman–Crippen LogP) is 2.10. The van der Waals surface area contributed by atoms with Crippen LogP contribution < -0.4 is 10.9 Å². The zero-order chi connectivity index (χ0) is 17.9. The fourth-order valence-corrected chi connectivity index (χ4v) is 3.42. The minimum absolute atomic E-state index is 0.108. The second-order valence-corrected chi connectivity index (χ2v) is 6.52. The van der Waals surface area contributed by atoms with Gasteiger partial charge in [0.2, 0.25) is 0 Å². The highest BCUT2D eigenvalue weighted by Gasteiger charge is 2.14. The van der Waals surface area contributed by atoms with Gasteiger partial charge >= 0.3 is 0 Å². The molecule has 0 radical (unpaired) electrons. The van der Waals surface area contributed by atoms with E-state index in [-0.39, 0.29) is 11.5 Å². The number of amides is 1. The molecule has 0 unspecified atom stereocenters. The van der Waals surface area contributed by atoms with Crippen LogP contribution in [0.25, 0.3) is 10.8 Å². The molecule has 132 valence electrons. The summed E-state index contributed by atoms with van der Waals surface area (Å²) >= 11 is 0. The number of rotatable bonds is 4. The normalized spacial score (nSPS) is 13.4. The van der Waals surface area contributed by atoms with Crippen molar-refractivity contribution in [2.24, 2.45) is 0 Å². The maximum Gasteiger partial charge on any atom is 0.270 e. The Labute approximate surface area is 150 Å². The Morgan fingerprint density at radius 2 is 2.00 bits per heavy atom. The van der Waals surface area contributed by atoms with Crippen LogP contribution in [0.1, 0.15) is 34.6 Å². The first kappa shape index (κ1) is 16.4. The molecule has 1 N–H and O–H groups in total. The first-order chi connectivity index (χ1) is 12.7. The highest BCUT2D eigenvalue weighted by Crippen LogP contribution is 2.17. The largest absolute Gasteiger partial charge is 0.349 e. The molecule has 6 nitrogen and oxygen atoms in total. The lowest BCUT2D eigenvalue weighted by Crippen LogP contribution is -2.33. The van der Waals surface area contributed by atoms with E-state index in [0.29, 0.717) is 18.8 Å². The van der Waals surface area contributed by atoms with E-state index in [2.05, 4.69) is 15.4 Å². The van der Waals surface area contributed by atoms with Gasteiger partial charge in [-0.2, -0.15) is 5.10 Å². The molecule has 6 heteroatoms. The Bertz CT molecular complexity index is 1020. The third-order valence-electron chi connectivity index (χ3n) is 4.77. The summed E-state index contributed by atoms with van der Waals surface area (Å²) in [6.07, 6.45) is 5.71. The quantitative estimate of drug-likeness (QED) is 0.783. The summed E-state index contributed by atoms with van der Waals surface area (Å²) in [5.41, 5.74) is 2.37. The molecule has 2 heterocycles. The van der Waals surface area contributed by atoms with Gasteiger partial charge in [-0.1, -0.05) is 24.3 Å². The number of hydrogen-bond donors (Lipinski definition) is 1. The van der Waals surface area contributed by atoms with Crippen molar-refractivity contribution in [1.82, 2.24) is 20.1 Å². The molecule has 0 spiro atoms. The van der Waals surface area contributed by atoms with Crippen molar-refractivity contribution in [3.8, 4) is 0 Å². The minimum Gasteiger partial charge on any atom is -0.349 e. The number of carbonyl (C=O) groups excluding carboxylic acids is 1. The molecular weight excluding hydrogens is 328 g/mol. The first-order valence-electron chi connectivity index (χ1n) is 8.94. The van der Waals surface area contributed by atoms with Crippen LogP contribution in [-0.2, 0) is 19.4 Å². The molecule has 0 saturated heterocycles. The van der Waals surface area contributed by atoms with Crippen LogP contribution >= 0.6 is 0 Å². The summed E-state index contributed by atoms with van der Waals surface area (Å²) in [5.74, 6) is -0.243. The zero-order valence-corrected chi connectivity index (χ0v) is 14.4. The van der Waals surface area contributed by atoms with Crippen molar-refractivity contribution < 1.29 is 4.79 Å². The number of aryl methyl sites for hydroxylation is 2. The Hall–Kier alpha value is -3.02. The maximum atomic E-state index is 12.5. The second-order valence-electron chi connectivity index (χ2n) is 6.52. The third-order valence-corrected chi connectivity index (χ3v) is 4.77. The van der Waals surface area contributed by atoms with Crippen LogP contribution in [0.15, 0.2) is 47.4 Å². The Balaban J connectivity index is 1.46. The van der Waals surface area contributed by atoms with Gasteiger partial charge in [0.15, 0.2) is 0 Å².